The lowest BCUT2D eigenvalue weighted by molar-refractivity contribution is -0.137. The molecule has 0 unspecified atom stereocenters. The molecule has 1 aromatic carbocycles. The van der Waals surface area contributed by atoms with Crippen LogP contribution in [0.2, 0.25) is 5.02 Å². The van der Waals surface area contributed by atoms with E-state index in [-0.39, 0.29) is 11.7 Å². The smallest absolute Gasteiger partial charge is 0.360 e. The van der Waals surface area contributed by atoms with Gasteiger partial charge in [-0.1, -0.05) is 11.6 Å². The lowest BCUT2D eigenvalue weighted by Crippen LogP contribution is -2.39. The van der Waals surface area contributed by atoms with E-state index in [4.69, 9.17) is 11.6 Å². The number of carbonyl (C=O) groups is 1. The molecule has 0 radical (unpaired) electrons. The molecule has 2 heterocycles. The number of benzene rings is 1. The van der Waals surface area contributed by atoms with Crippen molar-refractivity contribution in [1.29, 1.82) is 0 Å². The van der Waals surface area contributed by atoms with Gasteiger partial charge in [-0.2, -0.15) is 13.2 Å². The van der Waals surface area contributed by atoms with Crippen LogP contribution in [0.4, 0.5) is 24.7 Å². The number of halogens is 4. The molecule has 1 amide bonds. The molecule has 1 atom stereocenters. The zero-order valence-corrected chi connectivity index (χ0v) is 13.8. The fourth-order valence-electron chi connectivity index (χ4n) is 2.87. The lowest BCUT2D eigenvalue weighted by atomic mass is 10.2. The van der Waals surface area contributed by atoms with E-state index < -0.39 is 17.8 Å². The zero-order valence-electron chi connectivity index (χ0n) is 13.1. The van der Waals surface area contributed by atoms with Crippen LogP contribution < -0.4 is 10.2 Å². The van der Waals surface area contributed by atoms with Crippen LogP contribution in [0.25, 0.3) is 0 Å². The van der Waals surface area contributed by atoms with Crippen LogP contribution in [-0.2, 0) is 11.0 Å². The summed E-state index contributed by atoms with van der Waals surface area (Å²) in [5.74, 6) is -0.484. The third kappa shape index (κ3) is 4.04. The highest BCUT2D eigenvalue weighted by atomic mass is 35.5. The van der Waals surface area contributed by atoms with Gasteiger partial charge in [-0.05, 0) is 49.2 Å². The summed E-state index contributed by atoms with van der Waals surface area (Å²) in [5.41, 5.74) is -0.00201. The fraction of sp³-hybridized carbons (Fsp3) is 0.294. The van der Waals surface area contributed by atoms with E-state index in [1.54, 1.807) is 12.1 Å². The predicted octanol–water partition coefficient (Wildman–Crippen LogP) is 4.36. The number of rotatable bonds is 3. The zero-order chi connectivity index (χ0) is 18.0. The SMILES string of the molecule is O=C(Nc1cc(C(F)(F)F)ccn1)[C@@H]1CCCN1c1ccc(Cl)cc1. The molecule has 1 aromatic heterocycles. The molecule has 132 valence electrons. The van der Waals surface area contributed by atoms with Gasteiger partial charge in [-0.25, -0.2) is 4.98 Å². The van der Waals surface area contributed by atoms with Crippen molar-refractivity contribution >= 4 is 29.0 Å². The third-order valence-corrected chi connectivity index (χ3v) is 4.30. The summed E-state index contributed by atoms with van der Waals surface area (Å²) in [4.78, 5) is 18.2. The number of anilines is 2. The van der Waals surface area contributed by atoms with Crippen molar-refractivity contribution in [2.45, 2.75) is 25.1 Å². The molecule has 0 spiro atoms. The number of hydrogen-bond donors (Lipinski definition) is 1. The number of hydrogen-bond acceptors (Lipinski definition) is 3. The second-order valence-electron chi connectivity index (χ2n) is 5.74. The largest absolute Gasteiger partial charge is 0.416 e. The van der Waals surface area contributed by atoms with Crippen molar-refractivity contribution in [3.63, 3.8) is 0 Å². The second-order valence-corrected chi connectivity index (χ2v) is 6.18. The third-order valence-electron chi connectivity index (χ3n) is 4.05. The van der Waals surface area contributed by atoms with E-state index in [9.17, 15) is 18.0 Å². The summed E-state index contributed by atoms with van der Waals surface area (Å²) in [7, 11) is 0. The van der Waals surface area contributed by atoms with Crippen LogP contribution >= 0.6 is 11.6 Å². The van der Waals surface area contributed by atoms with Gasteiger partial charge in [0.2, 0.25) is 5.91 Å². The summed E-state index contributed by atoms with van der Waals surface area (Å²) in [5, 5.41) is 3.08. The Morgan fingerprint density at radius 2 is 1.96 bits per heavy atom. The predicted molar refractivity (Wildman–Crippen MR) is 89.7 cm³/mol. The van der Waals surface area contributed by atoms with Gasteiger partial charge < -0.3 is 10.2 Å². The maximum absolute atomic E-state index is 12.8. The molecular weight excluding hydrogens is 355 g/mol. The first kappa shape index (κ1) is 17.5. The lowest BCUT2D eigenvalue weighted by Gasteiger charge is -2.26. The molecular formula is C17H15ClF3N3O. The number of pyridine rings is 1. The van der Waals surface area contributed by atoms with Crippen LogP contribution in [0.3, 0.4) is 0 Å². The van der Waals surface area contributed by atoms with Crippen molar-refractivity contribution in [1.82, 2.24) is 4.98 Å². The number of nitrogens with zero attached hydrogens (tertiary/aromatic N) is 2. The number of nitrogens with one attached hydrogen (secondary N) is 1. The molecule has 3 rings (SSSR count). The molecule has 1 N–H and O–H groups in total. The summed E-state index contributed by atoms with van der Waals surface area (Å²) < 4.78 is 38.3. The topological polar surface area (TPSA) is 45.2 Å². The van der Waals surface area contributed by atoms with Crippen LogP contribution in [-0.4, -0.2) is 23.5 Å². The van der Waals surface area contributed by atoms with E-state index in [2.05, 4.69) is 10.3 Å². The Kier molecular flexibility index (Phi) is 4.85. The van der Waals surface area contributed by atoms with Crippen molar-refractivity contribution in [3.8, 4) is 0 Å². The summed E-state index contributed by atoms with van der Waals surface area (Å²) in [6, 6.07) is 8.34. The number of aromatic nitrogens is 1. The molecule has 1 fully saturated rings. The number of amides is 1. The van der Waals surface area contributed by atoms with E-state index in [1.807, 2.05) is 17.0 Å². The Labute approximate surface area is 147 Å². The molecule has 4 nitrogen and oxygen atoms in total. The van der Waals surface area contributed by atoms with Gasteiger partial charge in [-0.15, -0.1) is 0 Å². The quantitative estimate of drug-likeness (QED) is 0.874. The van der Waals surface area contributed by atoms with E-state index in [0.717, 1.165) is 30.4 Å². The maximum atomic E-state index is 12.8. The first-order chi connectivity index (χ1) is 11.8. The second kappa shape index (κ2) is 6.92. The molecule has 1 aliphatic heterocycles. The van der Waals surface area contributed by atoms with Gasteiger partial charge in [0, 0.05) is 23.5 Å². The Morgan fingerprint density at radius 3 is 2.64 bits per heavy atom. The molecule has 0 bridgehead atoms. The summed E-state index contributed by atoms with van der Waals surface area (Å²) >= 11 is 5.88. The maximum Gasteiger partial charge on any atom is 0.416 e. The average molecular weight is 370 g/mol. The number of carbonyl (C=O) groups excluding carboxylic acids is 1. The van der Waals surface area contributed by atoms with Crippen molar-refractivity contribution in [2.24, 2.45) is 0 Å². The normalized spacial score (nSPS) is 17.6. The highest BCUT2D eigenvalue weighted by Crippen LogP contribution is 2.31. The molecule has 25 heavy (non-hydrogen) atoms. The van der Waals surface area contributed by atoms with Gasteiger partial charge in [0.05, 0.1) is 5.56 Å². The van der Waals surface area contributed by atoms with Gasteiger partial charge in [0.15, 0.2) is 0 Å². The minimum Gasteiger partial charge on any atom is -0.360 e. The first-order valence-corrected chi connectivity index (χ1v) is 8.09. The van der Waals surface area contributed by atoms with Crippen LogP contribution in [0, 0.1) is 0 Å². The number of alkyl halides is 3. The van der Waals surface area contributed by atoms with E-state index in [1.165, 1.54) is 0 Å². The Morgan fingerprint density at radius 1 is 1.24 bits per heavy atom. The minimum absolute atomic E-state index is 0.109. The van der Waals surface area contributed by atoms with Gasteiger partial charge in [0.1, 0.15) is 11.9 Å². The molecule has 0 aliphatic carbocycles. The van der Waals surface area contributed by atoms with Crippen LogP contribution in [0.5, 0.6) is 0 Å². The van der Waals surface area contributed by atoms with Crippen molar-refractivity contribution in [2.75, 3.05) is 16.8 Å². The van der Waals surface area contributed by atoms with Crippen LogP contribution in [0.1, 0.15) is 18.4 Å². The highest BCUT2D eigenvalue weighted by Gasteiger charge is 2.33. The molecule has 1 saturated heterocycles. The van der Waals surface area contributed by atoms with E-state index in [0.29, 0.717) is 18.0 Å². The molecule has 8 heteroatoms. The first-order valence-electron chi connectivity index (χ1n) is 7.71. The minimum atomic E-state index is -4.48. The van der Waals surface area contributed by atoms with Gasteiger partial charge in [-0.3, -0.25) is 4.79 Å². The Balaban J connectivity index is 1.75. The Bertz CT molecular complexity index is 764. The van der Waals surface area contributed by atoms with Gasteiger partial charge >= 0.3 is 6.18 Å². The molecule has 1 aliphatic rings. The fourth-order valence-corrected chi connectivity index (χ4v) is 2.99. The van der Waals surface area contributed by atoms with Crippen molar-refractivity contribution in [3.05, 3.63) is 53.2 Å². The summed E-state index contributed by atoms with van der Waals surface area (Å²) in [6.45, 7) is 0.690. The standard InChI is InChI=1S/C17H15ClF3N3O/c18-12-3-5-13(6-4-12)24-9-1-2-14(24)16(25)23-15-10-11(7-8-22-15)17(19,20)21/h3-8,10,14H,1-2,9H2,(H,22,23,25)/t14-/m0/s1. The monoisotopic (exact) mass is 369 g/mol. The Hall–Kier alpha value is -2.28. The van der Waals surface area contributed by atoms with Gasteiger partial charge in [0.25, 0.3) is 0 Å². The van der Waals surface area contributed by atoms with E-state index >= 15 is 0 Å². The summed E-state index contributed by atoms with van der Waals surface area (Å²) in [6.07, 6.45) is -2.01. The average Bonchev–Trinajstić information content (AvgIpc) is 3.05. The van der Waals surface area contributed by atoms with Crippen LogP contribution in [0.15, 0.2) is 42.6 Å². The molecule has 2 aromatic rings. The highest BCUT2D eigenvalue weighted by molar-refractivity contribution is 6.30. The van der Waals surface area contributed by atoms with Crippen molar-refractivity contribution < 1.29 is 18.0 Å². The molecule has 0 saturated carbocycles.